The van der Waals surface area contributed by atoms with Crippen molar-refractivity contribution in [2.75, 3.05) is 0 Å². The van der Waals surface area contributed by atoms with E-state index in [9.17, 15) is 9.59 Å². The highest BCUT2D eigenvalue weighted by Gasteiger charge is 2.55. The van der Waals surface area contributed by atoms with Crippen molar-refractivity contribution in [3.05, 3.63) is 49.1 Å². The number of hydrogen-bond donors (Lipinski definition) is 0. The SMILES string of the molecule is C=CCC(CC=C)C(=O)O[C@H]1C[C@H](C(C)(C)C)C=C2C=C[C@H](C)[C@](CC[C@@H]3C[C@H](C(C)(C)C)C(O[SiH](C)C)C(=O)O3)(O[SiH](C)C)[C@H]21. The number of esters is 2. The maximum absolute atomic E-state index is 13.8. The number of carbonyl (C=O) groups excluding carboxylic acids is 2. The molecule has 0 radical (unpaired) electrons. The molecule has 2 aliphatic carbocycles. The zero-order valence-corrected chi connectivity index (χ0v) is 33.1. The van der Waals surface area contributed by atoms with E-state index >= 15 is 0 Å². The predicted octanol–water partition coefficient (Wildman–Crippen LogP) is 8.35. The Hall–Kier alpha value is -1.75. The first-order chi connectivity index (χ1) is 21.3. The van der Waals surface area contributed by atoms with E-state index in [0.29, 0.717) is 25.7 Å². The van der Waals surface area contributed by atoms with Crippen molar-refractivity contribution in [3.63, 3.8) is 0 Å². The number of ether oxygens (including phenoxy) is 2. The Morgan fingerprint density at radius 1 is 1.04 bits per heavy atom. The second-order valence-electron chi connectivity index (χ2n) is 16.8. The summed E-state index contributed by atoms with van der Waals surface area (Å²) in [4.78, 5) is 27.2. The highest BCUT2D eigenvalue weighted by atomic mass is 28.3. The zero-order valence-electron chi connectivity index (χ0n) is 30.8. The molecule has 1 saturated heterocycles. The van der Waals surface area contributed by atoms with Crippen LogP contribution in [-0.2, 0) is 27.9 Å². The molecule has 260 valence electrons. The molecule has 0 spiro atoms. The first kappa shape index (κ1) is 38.7. The molecule has 8 atom stereocenters. The van der Waals surface area contributed by atoms with Gasteiger partial charge in [-0.15, -0.1) is 13.2 Å². The van der Waals surface area contributed by atoms with Crippen LogP contribution in [0.1, 0.15) is 87.0 Å². The van der Waals surface area contributed by atoms with Gasteiger partial charge in [-0.1, -0.05) is 78.8 Å². The summed E-state index contributed by atoms with van der Waals surface area (Å²) in [6.07, 6.45) is 13.5. The van der Waals surface area contributed by atoms with E-state index in [0.717, 1.165) is 12.8 Å². The summed E-state index contributed by atoms with van der Waals surface area (Å²) in [6, 6.07) is 0. The summed E-state index contributed by atoms with van der Waals surface area (Å²) in [5.41, 5.74) is 0.527. The number of rotatable bonds is 13. The van der Waals surface area contributed by atoms with E-state index in [4.69, 9.17) is 18.3 Å². The molecule has 1 fully saturated rings. The Bertz CT molecular complexity index is 1130. The van der Waals surface area contributed by atoms with E-state index in [1.807, 2.05) is 0 Å². The fourth-order valence-corrected chi connectivity index (χ4v) is 10.1. The minimum atomic E-state index is -1.57. The smallest absolute Gasteiger partial charge is 0.334 e. The third kappa shape index (κ3) is 9.23. The molecule has 1 aliphatic heterocycles. The Labute approximate surface area is 283 Å². The van der Waals surface area contributed by atoms with Crippen LogP contribution in [0.2, 0.25) is 26.2 Å². The standard InChI is InChI=1S/C38H64O6Si2/c1-14-16-26(17-15-2)34(39)42-31-23-28(36(4,5)6)22-27-19-18-25(3)38(32(27)31,44-46(12)13)21-20-29-24-30(37(7,8)9)33(35(40)41-29)43-45(10)11/h14-15,18-19,22,25-26,28-33,45-46H,1-2,16-17,20-21,23-24H2,3-13H3/t25-,28+,29+,30-,31-,32+,33?,38-/m0/s1. The summed E-state index contributed by atoms with van der Waals surface area (Å²) >= 11 is 0. The van der Waals surface area contributed by atoms with Crippen molar-refractivity contribution < 1.29 is 27.9 Å². The molecule has 46 heavy (non-hydrogen) atoms. The Morgan fingerprint density at radius 2 is 1.67 bits per heavy atom. The Morgan fingerprint density at radius 3 is 2.20 bits per heavy atom. The fourth-order valence-electron chi connectivity index (χ4n) is 7.85. The van der Waals surface area contributed by atoms with Crippen LogP contribution in [-0.4, -0.2) is 53.9 Å². The highest BCUT2D eigenvalue weighted by Crippen LogP contribution is 2.53. The van der Waals surface area contributed by atoms with Gasteiger partial charge < -0.3 is 18.3 Å². The summed E-state index contributed by atoms with van der Waals surface area (Å²) < 4.78 is 26.2. The minimum Gasteiger partial charge on any atom is -0.461 e. The lowest BCUT2D eigenvalue weighted by Gasteiger charge is -2.54. The van der Waals surface area contributed by atoms with E-state index < -0.39 is 29.8 Å². The van der Waals surface area contributed by atoms with Gasteiger partial charge in [0, 0.05) is 17.8 Å². The van der Waals surface area contributed by atoms with E-state index in [2.05, 4.69) is 106 Å². The van der Waals surface area contributed by atoms with Crippen molar-refractivity contribution in [1.29, 1.82) is 0 Å². The van der Waals surface area contributed by atoms with Gasteiger partial charge in [-0.05, 0) is 87.0 Å². The number of hydrogen-bond acceptors (Lipinski definition) is 6. The quantitative estimate of drug-likeness (QED) is 0.111. The summed E-state index contributed by atoms with van der Waals surface area (Å²) in [6.45, 7) is 32.0. The third-order valence-electron chi connectivity index (χ3n) is 10.3. The maximum Gasteiger partial charge on any atom is 0.334 e. The van der Waals surface area contributed by atoms with Crippen LogP contribution in [0.15, 0.2) is 49.1 Å². The molecule has 0 aromatic rings. The largest absolute Gasteiger partial charge is 0.461 e. The van der Waals surface area contributed by atoms with Crippen LogP contribution < -0.4 is 0 Å². The lowest BCUT2D eigenvalue weighted by Crippen LogP contribution is -2.58. The average Bonchev–Trinajstić information content (AvgIpc) is 2.93. The van der Waals surface area contributed by atoms with Crippen LogP contribution >= 0.6 is 0 Å². The second-order valence-corrected chi connectivity index (χ2v) is 21.5. The molecule has 0 amide bonds. The summed E-state index contributed by atoms with van der Waals surface area (Å²) in [5.74, 6) is -0.417. The van der Waals surface area contributed by atoms with Gasteiger partial charge in [0.1, 0.15) is 18.3 Å². The third-order valence-corrected chi connectivity index (χ3v) is 12.1. The summed E-state index contributed by atoms with van der Waals surface area (Å²) in [5, 5.41) is 0. The van der Waals surface area contributed by atoms with Crippen LogP contribution in [0.3, 0.4) is 0 Å². The molecule has 0 aromatic heterocycles. The van der Waals surface area contributed by atoms with Crippen molar-refractivity contribution in [2.45, 2.75) is 137 Å². The number of carbonyl (C=O) groups is 2. The van der Waals surface area contributed by atoms with Gasteiger partial charge in [0.25, 0.3) is 0 Å². The van der Waals surface area contributed by atoms with E-state index in [1.54, 1.807) is 12.2 Å². The van der Waals surface area contributed by atoms with Gasteiger partial charge in [0.05, 0.1) is 11.5 Å². The van der Waals surface area contributed by atoms with Crippen LogP contribution in [0.4, 0.5) is 0 Å². The van der Waals surface area contributed by atoms with Gasteiger partial charge in [0.15, 0.2) is 18.1 Å². The number of allylic oxidation sites excluding steroid dienone is 4. The van der Waals surface area contributed by atoms with Crippen LogP contribution in [0, 0.1) is 40.4 Å². The summed E-state index contributed by atoms with van der Waals surface area (Å²) in [7, 11) is -3.02. The van der Waals surface area contributed by atoms with Gasteiger partial charge >= 0.3 is 11.9 Å². The number of fused-ring (bicyclic) bond motifs is 1. The lowest BCUT2D eigenvalue weighted by molar-refractivity contribution is -0.179. The van der Waals surface area contributed by atoms with Gasteiger partial charge in [-0.3, -0.25) is 4.79 Å². The average molecular weight is 673 g/mol. The van der Waals surface area contributed by atoms with Crippen molar-refractivity contribution in [1.82, 2.24) is 0 Å². The molecule has 3 aliphatic rings. The molecule has 0 N–H and O–H groups in total. The van der Waals surface area contributed by atoms with Crippen molar-refractivity contribution >= 4 is 30.0 Å². The van der Waals surface area contributed by atoms with Crippen LogP contribution in [0.25, 0.3) is 0 Å². The maximum atomic E-state index is 13.8. The molecule has 6 nitrogen and oxygen atoms in total. The lowest BCUT2D eigenvalue weighted by atomic mass is 9.59. The monoisotopic (exact) mass is 672 g/mol. The first-order valence-corrected chi connectivity index (χ1v) is 23.3. The molecular formula is C38H64O6Si2. The minimum absolute atomic E-state index is 0.00715. The normalized spacial score (nSPS) is 31.8. The molecule has 0 saturated carbocycles. The molecule has 0 bridgehead atoms. The van der Waals surface area contributed by atoms with E-state index in [-0.39, 0.29) is 64.6 Å². The number of cyclic esters (lactones) is 1. The zero-order chi connectivity index (χ0) is 34.6. The molecule has 0 aromatic carbocycles. The molecule has 1 heterocycles. The predicted molar refractivity (Wildman–Crippen MR) is 194 cm³/mol. The van der Waals surface area contributed by atoms with E-state index in [1.165, 1.54) is 5.57 Å². The van der Waals surface area contributed by atoms with Gasteiger partial charge in [-0.25, -0.2) is 4.79 Å². The molecule has 8 heteroatoms. The first-order valence-electron chi connectivity index (χ1n) is 17.7. The van der Waals surface area contributed by atoms with Crippen LogP contribution in [0.5, 0.6) is 0 Å². The van der Waals surface area contributed by atoms with Gasteiger partial charge in [-0.2, -0.15) is 0 Å². The highest BCUT2D eigenvalue weighted by molar-refractivity contribution is 6.48. The van der Waals surface area contributed by atoms with Crippen molar-refractivity contribution in [3.8, 4) is 0 Å². The van der Waals surface area contributed by atoms with Gasteiger partial charge in [0.2, 0.25) is 0 Å². The topological polar surface area (TPSA) is 71.1 Å². The second kappa shape index (κ2) is 15.6. The molecular weight excluding hydrogens is 609 g/mol. The molecule has 1 unspecified atom stereocenters. The van der Waals surface area contributed by atoms with Crippen molar-refractivity contribution in [2.24, 2.45) is 40.4 Å². The fraction of sp³-hybridized carbons (Fsp3) is 0.737. The Balaban J connectivity index is 2.03. The Kier molecular flexibility index (Phi) is 13.2. The molecule has 3 rings (SSSR count).